The number of aromatic nitrogens is 1. The Balaban J connectivity index is 1.59. The van der Waals surface area contributed by atoms with E-state index in [9.17, 15) is 4.79 Å². The van der Waals surface area contributed by atoms with Crippen LogP contribution in [0.2, 0.25) is 5.02 Å². The van der Waals surface area contributed by atoms with Crippen LogP contribution in [0.1, 0.15) is 6.42 Å². The second kappa shape index (κ2) is 7.01. The lowest BCUT2D eigenvalue weighted by Gasteiger charge is -2.09. The molecule has 0 unspecified atom stereocenters. The highest BCUT2D eigenvalue weighted by Crippen LogP contribution is 2.25. The first-order valence-corrected chi connectivity index (χ1v) is 8.42. The first-order chi connectivity index (χ1) is 12.7. The molecule has 6 nitrogen and oxygen atoms in total. The van der Waals surface area contributed by atoms with Crippen molar-refractivity contribution in [3.8, 4) is 17.2 Å². The summed E-state index contributed by atoms with van der Waals surface area (Å²) in [6.45, 7) is 0.701. The third-order valence-electron chi connectivity index (χ3n) is 3.77. The van der Waals surface area contributed by atoms with E-state index in [1.54, 1.807) is 36.4 Å². The van der Waals surface area contributed by atoms with Gasteiger partial charge >= 0.3 is 6.09 Å². The molecule has 0 bridgehead atoms. The molecular weight excluding hydrogens is 354 g/mol. The molecule has 0 saturated carbocycles. The predicted octanol–water partition coefficient (Wildman–Crippen LogP) is 3.41. The maximum absolute atomic E-state index is 12.2. The minimum Gasteiger partial charge on any atom is -0.435 e. The van der Waals surface area contributed by atoms with Gasteiger partial charge in [-0.2, -0.15) is 4.98 Å². The van der Waals surface area contributed by atoms with E-state index in [1.165, 1.54) is 0 Å². The Hall–Kier alpha value is -3.12. The fourth-order valence-electron chi connectivity index (χ4n) is 2.58. The number of oxazole rings is 1. The lowest BCUT2D eigenvalue weighted by atomic mass is 10.2. The highest BCUT2D eigenvalue weighted by Gasteiger charge is 2.15. The van der Waals surface area contributed by atoms with Gasteiger partial charge < -0.3 is 9.15 Å². The van der Waals surface area contributed by atoms with Crippen LogP contribution in [0, 0.1) is 0 Å². The quantitative estimate of drug-likeness (QED) is 0.769. The van der Waals surface area contributed by atoms with E-state index in [0.29, 0.717) is 45.4 Å². The van der Waals surface area contributed by atoms with Crippen LogP contribution < -0.4 is 21.0 Å². The number of para-hydroxylation sites is 1. The maximum atomic E-state index is 12.2. The number of halogens is 1. The molecular formula is C19H14ClN3O3. The predicted molar refractivity (Wildman–Crippen MR) is 97.8 cm³/mol. The zero-order chi connectivity index (χ0) is 17.9. The Bertz CT molecular complexity index is 1040. The second-order valence-electron chi connectivity index (χ2n) is 5.60. The topological polar surface area (TPSA) is 76.7 Å². The molecule has 1 aliphatic rings. The van der Waals surface area contributed by atoms with Crippen molar-refractivity contribution in [2.45, 2.75) is 6.42 Å². The van der Waals surface area contributed by atoms with E-state index in [2.05, 4.69) is 15.3 Å². The summed E-state index contributed by atoms with van der Waals surface area (Å²) in [6.07, 6.45) is 2.17. The number of nitrogens with zero attached hydrogens (tertiary/aromatic N) is 2. The van der Waals surface area contributed by atoms with Crippen molar-refractivity contribution >= 4 is 29.5 Å². The Morgan fingerprint density at radius 1 is 1.15 bits per heavy atom. The molecule has 3 aromatic rings. The molecule has 0 spiro atoms. The van der Waals surface area contributed by atoms with Gasteiger partial charge in [-0.05, 0) is 48.9 Å². The molecule has 1 aliphatic heterocycles. The molecule has 2 aromatic carbocycles. The monoisotopic (exact) mass is 367 g/mol. The molecule has 130 valence electrons. The molecule has 26 heavy (non-hydrogen) atoms. The number of fused-ring (bicyclic) bond motifs is 1. The standard InChI is InChI=1S/C19H14ClN3O3/c20-12-7-9-13(10-8-12)25-19(24)22-15-5-2-1-4-14(15)18-23-17-16(26-18)6-3-11-21-17/h1-2,4-10H,3,11H2,(H,22,24). The molecule has 0 fully saturated rings. The molecule has 1 N–H and O–H groups in total. The number of carbonyl (C=O) groups excluding carboxylic acids is 1. The molecule has 0 atom stereocenters. The largest absolute Gasteiger partial charge is 0.435 e. The van der Waals surface area contributed by atoms with Gasteiger partial charge in [0.15, 0.2) is 10.9 Å². The summed E-state index contributed by atoms with van der Waals surface area (Å²) in [5.74, 6) is 0.795. The van der Waals surface area contributed by atoms with Crippen LogP contribution >= 0.6 is 11.6 Å². The van der Waals surface area contributed by atoms with Gasteiger partial charge in [-0.15, -0.1) is 0 Å². The van der Waals surface area contributed by atoms with E-state index in [-0.39, 0.29) is 0 Å². The zero-order valence-corrected chi connectivity index (χ0v) is 14.4. The van der Waals surface area contributed by atoms with Gasteiger partial charge in [0, 0.05) is 11.6 Å². The van der Waals surface area contributed by atoms with Crippen LogP contribution in [0.25, 0.3) is 17.5 Å². The Kier molecular flexibility index (Phi) is 4.41. The molecule has 0 radical (unpaired) electrons. The van der Waals surface area contributed by atoms with Crippen LogP contribution in [0.3, 0.4) is 0 Å². The minimum atomic E-state index is -0.618. The van der Waals surface area contributed by atoms with Crippen LogP contribution in [-0.2, 0) is 0 Å². The third-order valence-corrected chi connectivity index (χ3v) is 4.03. The molecule has 0 aliphatic carbocycles. The van der Waals surface area contributed by atoms with Gasteiger partial charge in [-0.1, -0.05) is 23.7 Å². The first kappa shape index (κ1) is 16.4. The van der Waals surface area contributed by atoms with E-state index in [4.69, 9.17) is 20.8 Å². The number of nitrogens with one attached hydrogen (secondary N) is 1. The third kappa shape index (κ3) is 3.45. The molecule has 7 heteroatoms. The van der Waals surface area contributed by atoms with Crippen molar-refractivity contribution in [3.63, 3.8) is 0 Å². The van der Waals surface area contributed by atoms with Gasteiger partial charge in [-0.25, -0.2) is 4.79 Å². The summed E-state index contributed by atoms with van der Waals surface area (Å²) in [5.41, 5.74) is 2.43. The lowest BCUT2D eigenvalue weighted by molar-refractivity contribution is 0.215. The molecule has 4 rings (SSSR count). The number of ether oxygens (including phenoxy) is 1. The fourth-order valence-corrected chi connectivity index (χ4v) is 2.70. The molecule has 0 saturated heterocycles. The van der Waals surface area contributed by atoms with Crippen molar-refractivity contribution in [1.82, 2.24) is 4.98 Å². The number of hydrogen-bond acceptors (Lipinski definition) is 5. The zero-order valence-electron chi connectivity index (χ0n) is 13.6. The highest BCUT2D eigenvalue weighted by atomic mass is 35.5. The van der Waals surface area contributed by atoms with E-state index in [0.717, 1.165) is 6.42 Å². The van der Waals surface area contributed by atoms with Gasteiger partial charge in [0.2, 0.25) is 5.89 Å². The van der Waals surface area contributed by atoms with Gasteiger partial charge in [0.05, 0.1) is 11.3 Å². The van der Waals surface area contributed by atoms with E-state index < -0.39 is 6.09 Å². The number of amides is 1. The number of carbonyl (C=O) groups is 1. The van der Waals surface area contributed by atoms with Gasteiger partial charge in [0.1, 0.15) is 5.75 Å². The summed E-state index contributed by atoms with van der Waals surface area (Å²) in [6, 6.07) is 13.7. The first-order valence-electron chi connectivity index (χ1n) is 8.04. The molecule has 2 heterocycles. The van der Waals surface area contributed by atoms with Crippen LogP contribution in [-0.4, -0.2) is 17.6 Å². The number of benzene rings is 2. The number of anilines is 1. The van der Waals surface area contributed by atoms with Gasteiger partial charge in [0.25, 0.3) is 0 Å². The summed E-state index contributed by atoms with van der Waals surface area (Å²) >= 11 is 5.83. The minimum absolute atomic E-state index is 0.393. The fraction of sp³-hybridized carbons (Fsp3) is 0.105. The Morgan fingerprint density at radius 2 is 1.96 bits per heavy atom. The summed E-state index contributed by atoms with van der Waals surface area (Å²) < 4.78 is 11.0. The van der Waals surface area contributed by atoms with Crippen molar-refractivity contribution in [2.24, 2.45) is 4.99 Å². The van der Waals surface area contributed by atoms with Crippen molar-refractivity contribution < 1.29 is 13.9 Å². The van der Waals surface area contributed by atoms with Crippen molar-refractivity contribution in [3.05, 3.63) is 64.5 Å². The number of rotatable bonds is 3. The number of hydrogen-bond donors (Lipinski definition) is 1. The van der Waals surface area contributed by atoms with E-state index in [1.807, 2.05) is 18.2 Å². The smallest absolute Gasteiger partial charge is 0.417 e. The van der Waals surface area contributed by atoms with Gasteiger partial charge in [-0.3, -0.25) is 10.3 Å². The van der Waals surface area contributed by atoms with E-state index >= 15 is 0 Å². The molecule has 1 aromatic heterocycles. The van der Waals surface area contributed by atoms with Crippen LogP contribution in [0.5, 0.6) is 5.75 Å². The SMILES string of the molecule is O=C(Nc1ccccc1-c1nc2c(o1)=CCCN=2)Oc1ccc(Cl)cc1. The Labute approximate surface area is 153 Å². The lowest BCUT2D eigenvalue weighted by Crippen LogP contribution is -2.25. The normalized spacial score (nSPS) is 12.5. The average Bonchev–Trinajstić information content (AvgIpc) is 3.08. The summed E-state index contributed by atoms with van der Waals surface area (Å²) in [4.78, 5) is 20.9. The Morgan fingerprint density at radius 3 is 2.77 bits per heavy atom. The van der Waals surface area contributed by atoms with Crippen LogP contribution in [0.15, 0.2) is 57.9 Å². The average molecular weight is 368 g/mol. The highest BCUT2D eigenvalue weighted by molar-refractivity contribution is 6.30. The van der Waals surface area contributed by atoms with Crippen LogP contribution in [0.4, 0.5) is 10.5 Å². The van der Waals surface area contributed by atoms with Crippen molar-refractivity contribution in [1.29, 1.82) is 0 Å². The summed E-state index contributed by atoms with van der Waals surface area (Å²) in [5, 5.41) is 3.29. The van der Waals surface area contributed by atoms with Crippen molar-refractivity contribution in [2.75, 3.05) is 11.9 Å². The maximum Gasteiger partial charge on any atom is 0.417 e. The summed E-state index contributed by atoms with van der Waals surface area (Å²) in [7, 11) is 0. The second-order valence-corrected chi connectivity index (χ2v) is 6.03. The molecule has 1 amide bonds.